The second-order valence-corrected chi connectivity index (χ2v) is 8.14. The lowest BCUT2D eigenvalue weighted by molar-refractivity contribution is -0.140. The van der Waals surface area contributed by atoms with Gasteiger partial charge in [-0.3, -0.25) is 9.78 Å². The van der Waals surface area contributed by atoms with Gasteiger partial charge in [-0.2, -0.15) is 0 Å². The molecule has 0 bridgehead atoms. The number of nitrogens with zero attached hydrogens (tertiary/aromatic N) is 2. The molecule has 1 aliphatic heterocycles. The number of rotatable bonds is 3. The van der Waals surface area contributed by atoms with Gasteiger partial charge in [0.15, 0.2) is 6.61 Å². The third-order valence-corrected chi connectivity index (χ3v) is 6.18. The molecular formula is C23H28N2O3. The van der Waals surface area contributed by atoms with Crippen LogP contribution in [-0.4, -0.2) is 40.5 Å². The molecule has 1 fully saturated rings. The first-order chi connectivity index (χ1) is 13.6. The second-order valence-electron chi connectivity index (χ2n) is 8.14. The smallest absolute Gasteiger partial charge is 0.339 e. The molecule has 5 nitrogen and oxygen atoms in total. The number of aromatic nitrogens is 1. The number of hydrogen-bond acceptors (Lipinski definition) is 4. The van der Waals surface area contributed by atoms with Crippen molar-refractivity contribution in [3.8, 4) is 0 Å². The van der Waals surface area contributed by atoms with Crippen LogP contribution in [0.5, 0.6) is 0 Å². The highest BCUT2D eigenvalue weighted by atomic mass is 16.5. The molecule has 1 aromatic carbocycles. The highest BCUT2D eigenvalue weighted by molar-refractivity contribution is 6.05. The maximum atomic E-state index is 13.1. The lowest BCUT2D eigenvalue weighted by atomic mass is 9.90. The minimum absolute atomic E-state index is 0.0970. The SMILES string of the molecule is C[C@@H]1CCC[C@@H](C)N1C(=O)COC(=O)c1c2c(nc3ccccc13)CCCC2. The van der Waals surface area contributed by atoms with Crippen LogP contribution in [0.15, 0.2) is 24.3 Å². The zero-order valence-corrected chi connectivity index (χ0v) is 16.7. The van der Waals surface area contributed by atoms with Crippen molar-refractivity contribution >= 4 is 22.8 Å². The van der Waals surface area contributed by atoms with E-state index in [4.69, 9.17) is 9.72 Å². The van der Waals surface area contributed by atoms with Gasteiger partial charge in [0.05, 0.1) is 11.1 Å². The maximum absolute atomic E-state index is 13.1. The first-order valence-corrected chi connectivity index (χ1v) is 10.4. The summed E-state index contributed by atoms with van der Waals surface area (Å²) < 4.78 is 5.56. The number of piperidine rings is 1. The van der Waals surface area contributed by atoms with Crippen molar-refractivity contribution in [1.82, 2.24) is 9.88 Å². The molecule has 148 valence electrons. The van der Waals surface area contributed by atoms with Crippen LogP contribution < -0.4 is 0 Å². The van der Waals surface area contributed by atoms with Crippen LogP contribution in [0.4, 0.5) is 0 Å². The molecule has 2 aliphatic rings. The topological polar surface area (TPSA) is 59.5 Å². The van der Waals surface area contributed by atoms with Crippen LogP contribution in [0.25, 0.3) is 10.9 Å². The number of pyridine rings is 1. The van der Waals surface area contributed by atoms with Gasteiger partial charge < -0.3 is 9.64 Å². The number of carbonyl (C=O) groups excluding carboxylic acids is 2. The molecule has 4 rings (SSSR count). The highest BCUT2D eigenvalue weighted by Crippen LogP contribution is 2.30. The number of hydrogen-bond donors (Lipinski definition) is 0. The van der Waals surface area contributed by atoms with Crippen LogP contribution in [0.2, 0.25) is 0 Å². The van der Waals surface area contributed by atoms with Gasteiger partial charge in [0, 0.05) is 23.2 Å². The Morgan fingerprint density at radius 1 is 1.07 bits per heavy atom. The Balaban J connectivity index is 1.58. The number of carbonyl (C=O) groups is 2. The third kappa shape index (κ3) is 3.50. The van der Waals surface area contributed by atoms with Crippen molar-refractivity contribution in [1.29, 1.82) is 0 Å². The summed E-state index contributed by atoms with van der Waals surface area (Å²) in [5, 5.41) is 0.820. The van der Waals surface area contributed by atoms with E-state index < -0.39 is 5.97 Å². The number of ether oxygens (including phenoxy) is 1. The molecule has 1 aromatic heterocycles. The predicted molar refractivity (Wildman–Crippen MR) is 108 cm³/mol. The number of likely N-dealkylation sites (tertiary alicyclic amines) is 1. The van der Waals surface area contributed by atoms with E-state index in [1.165, 1.54) is 0 Å². The van der Waals surface area contributed by atoms with Gasteiger partial charge in [0.2, 0.25) is 0 Å². The molecule has 5 heteroatoms. The molecule has 0 N–H and O–H groups in total. The molecule has 2 atom stereocenters. The molecule has 1 aliphatic carbocycles. The minimum atomic E-state index is -0.401. The molecule has 28 heavy (non-hydrogen) atoms. The molecule has 0 unspecified atom stereocenters. The van der Waals surface area contributed by atoms with E-state index in [9.17, 15) is 9.59 Å². The monoisotopic (exact) mass is 380 g/mol. The summed E-state index contributed by atoms with van der Waals surface area (Å²) in [5.74, 6) is -0.498. The fourth-order valence-corrected chi connectivity index (χ4v) is 4.79. The largest absolute Gasteiger partial charge is 0.452 e. The van der Waals surface area contributed by atoms with E-state index >= 15 is 0 Å². The zero-order valence-electron chi connectivity index (χ0n) is 16.7. The van der Waals surface area contributed by atoms with Crippen LogP contribution in [0, 0.1) is 0 Å². The molecule has 0 radical (unpaired) electrons. The number of amides is 1. The van der Waals surface area contributed by atoms with E-state index in [0.717, 1.165) is 67.1 Å². The van der Waals surface area contributed by atoms with E-state index in [1.807, 2.05) is 29.2 Å². The number of fused-ring (bicyclic) bond motifs is 2. The summed E-state index contributed by atoms with van der Waals surface area (Å²) in [6.07, 6.45) is 7.03. The number of esters is 1. The third-order valence-electron chi connectivity index (χ3n) is 6.18. The van der Waals surface area contributed by atoms with Crippen LogP contribution in [-0.2, 0) is 22.4 Å². The van der Waals surface area contributed by atoms with Crippen molar-refractivity contribution in [2.75, 3.05) is 6.61 Å². The highest BCUT2D eigenvalue weighted by Gasteiger charge is 2.30. The zero-order chi connectivity index (χ0) is 19.7. The Morgan fingerprint density at radius 2 is 1.79 bits per heavy atom. The molecule has 2 heterocycles. The van der Waals surface area contributed by atoms with Crippen molar-refractivity contribution in [2.24, 2.45) is 0 Å². The van der Waals surface area contributed by atoms with E-state index in [2.05, 4.69) is 13.8 Å². The van der Waals surface area contributed by atoms with Gasteiger partial charge in [-0.25, -0.2) is 4.79 Å². The summed E-state index contributed by atoms with van der Waals surface area (Å²) in [4.78, 5) is 32.5. The van der Waals surface area contributed by atoms with Gasteiger partial charge >= 0.3 is 5.97 Å². The molecule has 2 aromatic rings. The van der Waals surface area contributed by atoms with Gasteiger partial charge in [0.1, 0.15) is 0 Å². The maximum Gasteiger partial charge on any atom is 0.339 e. The van der Waals surface area contributed by atoms with Crippen LogP contribution in [0.1, 0.15) is 67.6 Å². The molecule has 1 saturated heterocycles. The van der Waals surface area contributed by atoms with E-state index in [0.29, 0.717) is 5.56 Å². The Hall–Kier alpha value is -2.43. The van der Waals surface area contributed by atoms with Crippen LogP contribution >= 0.6 is 0 Å². The van der Waals surface area contributed by atoms with Gasteiger partial charge in [-0.15, -0.1) is 0 Å². The van der Waals surface area contributed by atoms with E-state index in [1.54, 1.807) is 0 Å². The molecule has 0 spiro atoms. The molecule has 0 saturated carbocycles. The fraction of sp³-hybridized carbons (Fsp3) is 0.522. The average molecular weight is 380 g/mol. The van der Waals surface area contributed by atoms with Gasteiger partial charge in [-0.1, -0.05) is 18.2 Å². The Morgan fingerprint density at radius 3 is 2.57 bits per heavy atom. The summed E-state index contributed by atoms with van der Waals surface area (Å²) in [7, 11) is 0. The first-order valence-electron chi connectivity index (χ1n) is 10.4. The van der Waals surface area contributed by atoms with Crippen molar-refractivity contribution < 1.29 is 14.3 Å². The second kappa shape index (κ2) is 7.90. The van der Waals surface area contributed by atoms with Crippen LogP contribution in [0.3, 0.4) is 0 Å². The van der Waals surface area contributed by atoms with Crippen molar-refractivity contribution in [2.45, 2.75) is 70.9 Å². The van der Waals surface area contributed by atoms with Crippen molar-refractivity contribution in [3.63, 3.8) is 0 Å². The Bertz CT molecular complexity index is 898. The summed E-state index contributed by atoms with van der Waals surface area (Å²) in [6.45, 7) is 3.95. The standard InChI is InChI=1S/C23H28N2O3/c1-15-8-7-9-16(2)25(15)21(26)14-28-23(27)22-17-10-3-5-12-19(17)24-20-13-6-4-11-18(20)22/h3,5,10,12,15-16H,4,6-9,11,13-14H2,1-2H3/t15-,16-/m1/s1. The lowest BCUT2D eigenvalue weighted by Gasteiger charge is -2.38. The van der Waals surface area contributed by atoms with E-state index in [-0.39, 0.29) is 24.6 Å². The molecule has 1 amide bonds. The fourth-order valence-electron chi connectivity index (χ4n) is 4.79. The molecular weight excluding hydrogens is 352 g/mol. The number of aryl methyl sites for hydroxylation is 1. The Kier molecular flexibility index (Phi) is 5.33. The first kappa shape index (κ1) is 18.9. The van der Waals surface area contributed by atoms with Crippen molar-refractivity contribution in [3.05, 3.63) is 41.1 Å². The quantitative estimate of drug-likeness (QED) is 0.754. The number of benzene rings is 1. The summed E-state index contributed by atoms with van der Waals surface area (Å²) in [6, 6.07) is 8.10. The van der Waals surface area contributed by atoms with Gasteiger partial charge in [0.25, 0.3) is 5.91 Å². The lowest BCUT2D eigenvalue weighted by Crippen LogP contribution is -2.49. The number of para-hydroxylation sites is 1. The predicted octanol–water partition coefficient (Wildman–Crippen LogP) is 4.06. The average Bonchev–Trinajstić information content (AvgIpc) is 2.70. The van der Waals surface area contributed by atoms with Gasteiger partial charge in [-0.05, 0) is 70.4 Å². The summed E-state index contributed by atoms with van der Waals surface area (Å²) in [5.41, 5.74) is 3.43. The Labute approximate surface area is 166 Å². The minimum Gasteiger partial charge on any atom is -0.452 e. The normalized spacial score (nSPS) is 22.0. The summed E-state index contributed by atoms with van der Waals surface area (Å²) >= 11 is 0.